The Balaban J connectivity index is 3.35. The number of benzene rings is 1. The van der Waals surface area contributed by atoms with Gasteiger partial charge in [-0.15, -0.1) is 0 Å². The van der Waals surface area contributed by atoms with Crippen LogP contribution in [0.3, 0.4) is 0 Å². The van der Waals surface area contributed by atoms with Crippen LogP contribution in [-0.2, 0) is 11.3 Å². The molecule has 0 heterocycles. The Kier molecular flexibility index (Phi) is 3.86. The van der Waals surface area contributed by atoms with Crippen LogP contribution in [0.25, 0.3) is 0 Å². The quantitative estimate of drug-likeness (QED) is 0.741. The zero-order valence-electron chi connectivity index (χ0n) is 8.73. The Morgan fingerprint density at radius 1 is 1.56 bits per heavy atom. The average molecular weight is 221 g/mol. The van der Waals surface area contributed by atoms with Crippen molar-refractivity contribution in [3.8, 4) is 11.8 Å². The molecule has 2 N–H and O–H groups in total. The molecule has 1 aromatic rings. The lowest BCUT2D eigenvalue weighted by Gasteiger charge is -2.09. The van der Waals surface area contributed by atoms with Gasteiger partial charge in [-0.1, -0.05) is 0 Å². The van der Waals surface area contributed by atoms with Gasteiger partial charge in [0.05, 0.1) is 24.8 Å². The van der Waals surface area contributed by atoms with Crippen LogP contribution in [0.2, 0.25) is 0 Å². The zero-order chi connectivity index (χ0) is 12.1. The molecule has 0 radical (unpaired) electrons. The minimum Gasteiger partial charge on any atom is -0.507 e. The van der Waals surface area contributed by atoms with Crippen molar-refractivity contribution < 1.29 is 19.7 Å². The summed E-state index contributed by atoms with van der Waals surface area (Å²) >= 11 is 0. The third kappa shape index (κ3) is 2.12. The number of aliphatic hydroxyl groups is 1. The number of esters is 1. The van der Waals surface area contributed by atoms with E-state index in [1.165, 1.54) is 12.1 Å². The maximum absolute atomic E-state index is 11.5. The maximum atomic E-state index is 11.5. The SMILES string of the molecule is CCOC(=O)c1c(O)ccc(C#N)c1CO. The van der Waals surface area contributed by atoms with E-state index < -0.39 is 12.6 Å². The lowest BCUT2D eigenvalue weighted by atomic mass is 10.0. The fourth-order valence-electron chi connectivity index (χ4n) is 1.34. The molecule has 0 unspecified atom stereocenters. The van der Waals surface area contributed by atoms with E-state index in [2.05, 4.69) is 0 Å². The molecule has 5 nitrogen and oxygen atoms in total. The lowest BCUT2D eigenvalue weighted by Crippen LogP contribution is -2.10. The molecule has 0 spiro atoms. The van der Waals surface area contributed by atoms with E-state index in [0.717, 1.165) is 0 Å². The Bertz CT molecular complexity index is 448. The Morgan fingerprint density at radius 3 is 2.75 bits per heavy atom. The van der Waals surface area contributed by atoms with Crippen LogP contribution < -0.4 is 0 Å². The van der Waals surface area contributed by atoms with E-state index in [1.54, 1.807) is 6.92 Å². The van der Waals surface area contributed by atoms with Crippen LogP contribution in [0.15, 0.2) is 12.1 Å². The van der Waals surface area contributed by atoms with Gasteiger partial charge in [-0.05, 0) is 19.1 Å². The number of nitrogens with zero attached hydrogens (tertiary/aromatic N) is 1. The van der Waals surface area contributed by atoms with E-state index in [-0.39, 0.29) is 29.0 Å². The van der Waals surface area contributed by atoms with Crippen molar-refractivity contribution in [3.63, 3.8) is 0 Å². The normalized spacial score (nSPS) is 9.56. The minimum absolute atomic E-state index is 0.0842. The molecule has 1 rings (SSSR count). The number of ether oxygens (including phenoxy) is 1. The molecule has 0 saturated carbocycles. The molecule has 1 aromatic carbocycles. The second kappa shape index (κ2) is 5.14. The number of nitriles is 1. The topological polar surface area (TPSA) is 90.5 Å². The summed E-state index contributed by atoms with van der Waals surface area (Å²) in [5, 5.41) is 27.4. The van der Waals surface area contributed by atoms with Crippen LogP contribution in [0.5, 0.6) is 5.75 Å². The van der Waals surface area contributed by atoms with Gasteiger partial charge in [0.15, 0.2) is 0 Å². The predicted octanol–water partition coefficient (Wildman–Crippen LogP) is 0.933. The molecule has 84 valence electrons. The van der Waals surface area contributed by atoms with E-state index in [1.807, 2.05) is 6.07 Å². The zero-order valence-corrected chi connectivity index (χ0v) is 8.73. The Labute approximate surface area is 92.5 Å². The van der Waals surface area contributed by atoms with Crippen LogP contribution in [0, 0.1) is 11.3 Å². The second-order valence-electron chi connectivity index (χ2n) is 2.98. The third-order valence-corrected chi connectivity index (χ3v) is 2.05. The Morgan fingerprint density at radius 2 is 2.25 bits per heavy atom. The number of hydrogen-bond donors (Lipinski definition) is 2. The molecule has 0 bridgehead atoms. The lowest BCUT2D eigenvalue weighted by molar-refractivity contribution is 0.0519. The molecule has 0 aromatic heterocycles. The van der Waals surface area contributed by atoms with Gasteiger partial charge in [0.25, 0.3) is 0 Å². The van der Waals surface area contributed by atoms with Gasteiger partial charge < -0.3 is 14.9 Å². The smallest absolute Gasteiger partial charge is 0.342 e. The number of aromatic hydroxyl groups is 1. The Hall–Kier alpha value is -2.06. The highest BCUT2D eigenvalue weighted by Gasteiger charge is 2.20. The number of hydrogen-bond acceptors (Lipinski definition) is 5. The number of phenolic OH excluding ortho intramolecular Hbond substituents is 1. The van der Waals surface area contributed by atoms with Crippen molar-refractivity contribution in [3.05, 3.63) is 28.8 Å². The average Bonchev–Trinajstić information content (AvgIpc) is 2.28. The van der Waals surface area contributed by atoms with E-state index >= 15 is 0 Å². The number of phenols is 1. The molecule has 0 aliphatic rings. The molecule has 0 atom stereocenters. The van der Waals surface area contributed by atoms with Crippen LogP contribution in [-0.4, -0.2) is 22.8 Å². The van der Waals surface area contributed by atoms with Crippen molar-refractivity contribution in [2.24, 2.45) is 0 Å². The number of carbonyl (C=O) groups is 1. The van der Waals surface area contributed by atoms with Gasteiger partial charge in [-0.3, -0.25) is 0 Å². The summed E-state index contributed by atoms with van der Waals surface area (Å²) in [5.74, 6) is -1.05. The van der Waals surface area contributed by atoms with Crippen molar-refractivity contribution in [1.82, 2.24) is 0 Å². The number of rotatable bonds is 3. The van der Waals surface area contributed by atoms with Gasteiger partial charge in [0, 0.05) is 5.56 Å². The fourth-order valence-corrected chi connectivity index (χ4v) is 1.34. The summed E-state index contributed by atoms with van der Waals surface area (Å²) in [5.41, 5.74) is 0.0766. The first-order valence-electron chi connectivity index (χ1n) is 4.68. The van der Waals surface area contributed by atoms with Gasteiger partial charge in [-0.25, -0.2) is 4.79 Å². The van der Waals surface area contributed by atoms with E-state index in [9.17, 15) is 9.90 Å². The highest BCUT2D eigenvalue weighted by atomic mass is 16.5. The fraction of sp³-hybridized carbons (Fsp3) is 0.273. The molecule has 16 heavy (non-hydrogen) atoms. The van der Waals surface area contributed by atoms with Crippen molar-refractivity contribution in [2.75, 3.05) is 6.61 Å². The standard InChI is InChI=1S/C11H11NO4/c1-2-16-11(15)10-8(6-13)7(5-12)3-4-9(10)14/h3-4,13-14H,2,6H2,1H3. The number of aliphatic hydroxyl groups excluding tert-OH is 1. The molecule has 0 amide bonds. The molecule has 0 saturated heterocycles. The van der Waals surface area contributed by atoms with Crippen molar-refractivity contribution in [2.45, 2.75) is 13.5 Å². The molecule has 0 aliphatic heterocycles. The van der Waals surface area contributed by atoms with Gasteiger partial charge >= 0.3 is 5.97 Å². The largest absolute Gasteiger partial charge is 0.507 e. The summed E-state index contributed by atoms with van der Waals surface area (Å²) in [6.07, 6.45) is 0. The first-order valence-corrected chi connectivity index (χ1v) is 4.68. The van der Waals surface area contributed by atoms with Crippen LogP contribution >= 0.6 is 0 Å². The maximum Gasteiger partial charge on any atom is 0.342 e. The summed E-state index contributed by atoms with van der Waals surface area (Å²) in [6, 6.07) is 4.40. The van der Waals surface area contributed by atoms with Crippen molar-refractivity contribution in [1.29, 1.82) is 5.26 Å². The van der Waals surface area contributed by atoms with Crippen molar-refractivity contribution >= 4 is 5.97 Å². The second-order valence-corrected chi connectivity index (χ2v) is 2.98. The molecule has 0 aliphatic carbocycles. The van der Waals surface area contributed by atoms with Gasteiger partial charge in [0.1, 0.15) is 11.3 Å². The third-order valence-electron chi connectivity index (χ3n) is 2.05. The minimum atomic E-state index is -0.749. The first kappa shape index (κ1) is 12.0. The van der Waals surface area contributed by atoms with E-state index in [4.69, 9.17) is 15.1 Å². The molecule has 0 fully saturated rings. The summed E-state index contributed by atoms with van der Waals surface area (Å²) in [4.78, 5) is 11.5. The highest BCUT2D eigenvalue weighted by molar-refractivity contribution is 5.94. The van der Waals surface area contributed by atoms with Gasteiger partial charge in [0.2, 0.25) is 0 Å². The predicted molar refractivity (Wildman–Crippen MR) is 54.7 cm³/mol. The van der Waals surface area contributed by atoms with E-state index in [0.29, 0.717) is 0 Å². The summed E-state index contributed by atoms with van der Waals surface area (Å²) in [6.45, 7) is 1.27. The van der Waals surface area contributed by atoms with Crippen LogP contribution in [0.1, 0.15) is 28.4 Å². The molecular weight excluding hydrogens is 210 g/mol. The molecule has 5 heteroatoms. The van der Waals surface area contributed by atoms with Gasteiger partial charge in [-0.2, -0.15) is 5.26 Å². The number of carbonyl (C=O) groups excluding carboxylic acids is 1. The molecular formula is C11H11NO4. The first-order chi connectivity index (χ1) is 7.65. The summed E-state index contributed by atoms with van der Waals surface area (Å²) in [7, 11) is 0. The summed E-state index contributed by atoms with van der Waals surface area (Å²) < 4.78 is 4.73. The highest BCUT2D eigenvalue weighted by Crippen LogP contribution is 2.25. The monoisotopic (exact) mass is 221 g/mol. The van der Waals surface area contributed by atoms with Crippen LogP contribution in [0.4, 0.5) is 0 Å².